The van der Waals surface area contributed by atoms with Crippen LogP contribution in [0.2, 0.25) is 0 Å². The predicted molar refractivity (Wildman–Crippen MR) is 86.2 cm³/mol. The van der Waals surface area contributed by atoms with Gasteiger partial charge in [-0.3, -0.25) is 4.79 Å². The average molecular weight is 308 g/mol. The summed E-state index contributed by atoms with van der Waals surface area (Å²) in [7, 11) is 0. The van der Waals surface area contributed by atoms with Gasteiger partial charge in [-0.15, -0.1) is 5.10 Å². The molecule has 23 heavy (non-hydrogen) atoms. The van der Waals surface area contributed by atoms with Crippen LogP contribution in [0.4, 0.5) is 5.69 Å². The molecule has 3 aromatic rings. The second kappa shape index (κ2) is 6.27. The molecule has 7 heteroatoms. The zero-order valence-corrected chi connectivity index (χ0v) is 12.6. The van der Waals surface area contributed by atoms with Crippen LogP contribution in [0.15, 0.2) is 48.5 Å². The van der Waals surface area contributed by atoms with E-state index in [-0.39, 0.29) is 0 Å². The van der Waals surface area contributed by atoms with Gasteiger partial charge in [0.25, 0.3) is 0 Å². The minimum absolute atomic E-state index is 0.422. The molecule has 0 saturated heterocycles. The van der Waals surface area contributed by atoms with E-state index >= 15 is 0 Å². The fourth-order valence-electron chi connectivity index (χ4n) is 2.35. The molecule has 2 aromatic carbocycles. The highest BCUT2D eigenvalue weighted by Crippen LogP contribution is 2.19. The molecule has 1 aromatic heterocycles. The number of nitrogens with zero attached hydrogens (tertiary/aromatic N) is 4. The summed E-state index contributed by atoms with van der Waals surface area (Å²) in [5.41, 5.74) is 8.38. The molecule has 7 nitrogen and oxygen atoms in total. The van der Waals surface area contributed by atoms with Crippen molar-refractivity contribution in [3.63, 3.8) is 0 Å². The predicted octanol–water partition coefficient (Wildman–Crippen LogP) is 1.68. The molecule has 0 fully saturated rings. The van der Waals surface area contributed by atoms with Crippen molar-refractivity contribution in [2.45, 2.75) is 13.5 Å². The van der Waals surface area contributed by atoms with E-state index in [1.165, 1.54) is 0 Å². The van der Waals surface area contributed by atoms with Gasteiger partial charge in [0.1, 0.15) is 0 Å². The van der Waals surface area contributed by atoms with E-state index in [0.717, 1.165) is 16.9 Å². The number of tetrazole rings is 1. The first-order valence-corrected chi connectivity index (χ1v) is 7.13. The van der Waals surface area contributed by atoms with Crippen molar-refractivity contribution in [3.05, 3.63) is 65.5 Å². The third-order valence-corrected chi connectivity index (χ3v) is 3.57. The van der Waals surface area contributed by atoms with Crippen LogP contribution in [0, 0.1) is 6.92 Å². The largest absolute Gasteiger partial charge is 0.377 e. The maximum absolute atomic E-state index is 11.4. The first-order chi connectivity index (χ1) is 11.2. The molecule has 1 heterocycles. The summed E-state index contributed by atoms with van der Waals surface area (Å²) in [6.07, 6.45) is 0. The van der Waals surface area contributed by atoms with Crippen LogP contribution in [-0.4, -0.2) is 26.1 Å². The van der Waals surface area contributed by atoms with E-state index in [4.69, 9.17) is 5.73 Å². The Morgan fingerprint density at radius 1 is 1.17 bits per heavy atom. The van der Waals surface area contributed by atoms with Crippen molar-refractivity contribution in [2.24, 2.45) is 5.73 Å². The quantitative estimate of drug-likeness (QED) is 0.747. The lowest BCUT2D eigenvalue weighted by Crippen LogP contribution is -2.14. The first-order valence-electron chi connectivity index (χ1n) is 7.13. The topological polar surface area (TPSA) is 98.7 Å². The van der Waals surface area contributed by atoms with E-state index in [2.05, 4.69) is 20.8 Å². The van der Waals surface area contributed by atoms with Crippen LogP contribution >= 0.6 is 0 Å². The third kappa shape index (κ3) is 3.03. The highest BCUT2D eigenvalue weighted by atomic mass is 16.1. The van der Waals surface area contributed by atoms with E-state index in [1.54, 1.807) is 16.8 Å². The second-order valence-corrected chi connectivity index (χ2v) is 5.04. The lowest BCUT2D eigenvalue weighted by atomic mass is 10.1. The van der Waals surface area contributed by atoms with Gasteiger partial charge in [0.05, 0.1) is 12.2 Å². The number of carbonyl (C=O) groups is 1. The minimum atomic E-state index is -0.444. The van der Waals surface area contributed by atoms with Crippen molar-refractivity contribution < 1.29 is 4.79 Å². The standard InChI is InChI=1S/C16H16N6O/c1-11-13(16(17)23)8-5-9-14(11)18-10-15-19-20-21-22(15)12-6-3-2-4-7-12/h2-9,18H,10H2,1H3,(H2,17,23). The molecule has 0 aliphatic carbocycles. The highest BCUT2D eigenvalue weighted by Gasteiger charge is 2.11. The van der Waals surface area contributed by atoms with E-state index in [9.17, 15) is 4.79 Å². The molecular formula is C16H16N6O. The molecule has 0 spiro atoms. The van der Waals surface area contributed by atoms with Crippen LogP contribution in [0.5, 0.6) is 0 Å². The molecule has 0 aliphatic heterocycles. The zero-order chi connectivity index (χ0) is 16.2. The van der Waals surface area contributed by atoms with Gasteiger partial charge in [0, 0.05) is 11.3 Å². The van der Waals surface area contributed by atoms with Crippen LogP contribution in [0.1, 0.15) is 21.7 Å². The minimum Gasteiger partial charge on any atom is -0.377 e. The monoisotopic (exact) mass is 308 g/mol. The summed E-state index contributed by atoms with van der Waals surface area (Å²) in [6, 6.07) is 15.0. The number of anilines is 1. The number of aromatic nitrogens is 4. The van der Waals surface area contributed by atoms with Gasteiger partial charge in [-0.05, 0) is 47.2 Å². The molecule has 0 unspecified atom stereocenters. The summed E-state index contributed by atoms with van der Waals surface area (Å²) >= 11 is 0. The van der Waals surface area contributed by atoms with Crippen molar-refractivity contribution in [3.8, 4) is 5.69 Å². The average Bonchev–Trinajstić information content (AvgIpc) is 3.03. The molecule has 3 rings (SSSR count). The van der Waals surface area contributed by atoms with Crippen molar-refractivity contribution in [2.75, 3.05) is 5.32 Å². The Kier molecular flexibility index (Phi) is 4.01. The summed E-state index contributed by atoms with van der Waals surface area (Å²) in [5.74, 6) is 0.223. The maximum atomic E-state index is 11.4. The summed E-state index contributed by atoms with van der Waals surface area (Å²) in [4.78, 5) is 11.4. The van der Waals surface area contributed by atoms with Gasteiger partial charge in [-0.1, -0.05) is 24.3 Å². The van der Waals surface area contributed by atoms with Crippen LogP contribution < -0.4 is 11.1 Å². The number of para-hydroxylation sites is 1. The van der Waals surface area contributed by atoms with Crippen molar-refractivity contribution in [1.82, 2.24) is 20.2 Å². The molecule has 0 atom stereocenters. The van der Waals surface area contributed by atoms with Gasteiger partial charge in [-0.2, -0.15) is 4.68 Å². The van der Waals surface area contributed by atoms with Crippen molar-refractivity contribution in [1.29, 1.82) is 0 Å². The number of primary amides is 1. The van der Waals surface area contributed by atoms with Crippen LogP contribution in [-0.2, 0) is 6.54 Å². The summed E-state index contributed by atoms with van der Waals surface area (Å²) in [5, 5.41) is 15.0. The lowest BCUT2D eigenvalue weighted by molar-refractivity contribution is 0.1000. The summed E-state index contributed by atoms with van der Waals surface area (Å²) < 4.78 is 1.67. The van der Waals surface area contributed by atoms with Gasteiger partial charge in [0.15, 0.2) is 5.82 Å². The van der Waals surface area contributed by atoms with Gasteiger partial charge in [-0.25, -0.2) is 0 Å². The van der Waals surface area contributed by atoms with Gasteiger partial charge < -0.3 is 11.1 Å². The normalized spacial score (nSPS) is 10.5. The van der Waals surface area contributed by atoms with Crippen LogP contribution in [0.25, 0.3) is 5.69 Å². The Morgan fingerprint density at radius 2 is 1.96 bits per heavy atom. The Morgan fingerprint density at radius 3 is 2.70 bits per heavy atom. The molecule has 3 N–H and O–H groups in total. The Bertz CT molecular complexity index is 828. The fourth-order valence-corrected chi connectivity index (χ4v) is 2.35. The molecular weight excluding hydrogens is 292 g/mol. The number of nitrogens with one attached hydrogen (secondary N) is 1. The number of hydrogen-bond acceptors (Lipinski definition) is 5. The molecule has 0 radical (unpaired) electrons. The fraction of sp³-hybridized carbons (Fsp3) is 0.125. The Balaban J connectivity index is 1.82. The van der Waals surface area contributed by atoms with E-state index < -0.39 is 5.91 Å². The van der Waals surface area contributed by atoms with Gasteiger partial charge in [0.2, 0.25) is 5.91 Å². The number of carbonyl (C=O) groups excluding carboxylic acids is 1. The molecule has 0 bridgehead atoms. The third-order valence-electron chi connectivity index (χ3n) is 3.57. The number of amides is 1. The molecule has 0 saturated carbocycles. The Labute approximate surface area is 133 Å². The van der Waals surface area contributed by atoms with E-state index in [1.807, 2.05) is 43.3 Å². The highest BCUT2D eigenvalue weighted by molar-refractivity contribution is 5.95. The second-order valence-electron chi connectivity index (χ2n) is 5.04. The number of rotatable bonds is 5. The van der Waals surface area contributed by atoms with Gasteiger partial charge >= 0.3 is 0 Å². The maximum Gasteiger partial charge on any atom is 0.249 e. The summed E-state index contributed by atoms with van der Waals surface area (Å²) in [6.45, 7) is 2.27. The lowest BCUT2D eigenvalue weighted by Gasteiger charge is -2.11. The molecule has 1 amide bonds. The number of hydrogen-bond donors (Lipinski definition) is 2. The van der Waals surface area contributed by atoms with E-state index in [0.29, 0.717) is 17.9 Å². The van der Waals surface area contributed by atoms with Crippen molar-refractivity contribution >= 4 is 11.6 Å². The first kappa shape index (κ1) is 14.7. The number of benzene rings is 2. The SMILES string of the molecule is Cc1c(NCc2nnnn2-c2ccccc2)cccc1C(N)=O. The zero-order valence-electron chi connectivity index (χ0n) is 12.6. The molecule has 116 valence electrons. The van der Waals surface area contributed by atoms with Crippen LogP contribution in [0.3, 0.4) is 0 Å². The number of nitrogens with two attached hydrogens (primary N) is 1. The molecule has 0 aliphatic rings. The smallest absolute Gasteiger partial charge is 0.249 e. The Hall–Kier alpha value is -3.22.